The smallest absolute Gasteiger partial charge is 0.244 e. The number of carbonyl (C=O) groups excluding carboxylic acids is 1. The second-order valence-corrected chi connectivity index (χ2v) is 7.86. The molecule has 0 unspecified atom stereocenters. The Morgan fingerprint density at radius 1 is 1.14 bits per heavy atom. The Morgan fingerprint density at radius 3 is 2.71 bits per heavy atom. The minimum atomic E-state index is 0.151. The van der Waals surface area contributed by atoms with E-state index in [0.29, 0.717) is 19.1 Å². The third-order valence-corrected chi connectivity index (χ3v) is 5.80. The van der Waals surface area contributed by atoms with Crippen LogP contribution in [0, 0.1) is 0 Å². The molecule has 2 saturated heterocycles. The maximum Gasteiger partial charge on any atom is 0.244 e. The zero-order chi connectivity index (χ0) is 19.2. The Bertz CT molecular complexity index is 747. The number of carbonyl (C=O) groups is 1. The molecule has 1 aromatic carbocycles. The number of amides is 1. The first kappa shape index (κ1) is 19.2. The monoisotopic (exact) mass is 382 g/mol. The number of aromatic nitrogens is 2. The number of rotatable bonds is 6. The summed E-state index contributed by atoms with van der Waals surface area (Å²) in [5.41, 5.74) is 2.30. The Labute approximate surface area is 166 Å². The van der Waals surface area contributed by atoms with Gasteiger partial charge in [-0.15, -0.1) is 0 Å². The van der Waals surface area contributed by atoms with E-state index in [0.717, 1.165) is 44.7 Å². The van der Waals surface area contributed by atoms with Crippen molar-refractivity contribution in [1.29, 1.82) is 0 Å². The zero-order valence-electron chi connectivity index (χ0n) is 16.4. The minimum absolute atomic E-state index is 0.151. The van der Waals surface area contributed by atoms with Crippen molar-refractivity contribution in [1.82, 2.24) is 20.0 Å². The van der Waals surface area contributed by atoms with Crippen LogP contribution in [-0.4, -0.2) is 52.9 Å². The summed E-state index contributed by atoms with van der Waals surface area (Å²) in [5, 5.41) is 8.07. The largest absolute Gasteiger partial charge is 0.373 e. The molecule has 4 rings (SSSR count). The third-order valence-electron chi connectivity index (χ3n) is 5.80. The fraction of sp³-hybridized carbons (Fsp3) is 0.545. The highest BCUT2D eigenvalue weighted by Gasteiger charge is 2.24. The van der Waals surface area contributed by atoms with Crippen LogP contribution in [0.4, 0.5) is 0 Å². The molecule has 1 atom stereocenters. The highest BCUT2D eigenvalue weighted by atomic mass is 16.5. The molecule has 150 valence electrons. The van der Waals surface area contributed by atoms with E-state index >= 15 is 0 Å². The first-order valence-electron chi connectivity index (χ1n) is 10.5. The Balaban J connectivity index is 1.21. The van der Waals surface area contributed by atoms with Crippen LogP contribution in [0.25, 0.3) is 0 Å². The second-order valence-electron chi connectivity index (χ2n) is 7.86. The molecule has 0 bridgehead atoms. The van der Waals surface area contributed by atoms with Gasteiger partial charge in [0.05, 0.1) is 18.4 Å². The molecule has 2 aromatic rings. The first-order valence-corrected chi connectivity index (χ1v) is 10.5. The van der Waals surface area contributed by atoms with Crippen molar-refractivity contribution in [2.24, 2.45) is 0 Å². The predicted molar refractivity (Wildman–Crippen MR) is 108 cm³/mol. The van der Waals surface area contributed by atoms with Gasteiger partial charge in [-0.3, -0.25) is 9.48 Å². The molecule has 1 N–H and O–H groups in total. The number of piperidine rings is 2. The maximum absolute atomic E-state index is 12.7. The van der Waals surface area contributed by atoms with Crippen LogP contribution in [0.15, 0.2) is 42.6 Å². The van der Waals surface area contributed by atoms with Crippen LogP contribution in [0.2, 0.25) is 0 Å². The molecule has 28 heavy (non-hydrogen) atoms. The SMILES string of the molecule is O=C(Cn1ccc([C@@H]2CCCNC2)n1)N1CCC(OCc2ccccc2)CC1. The summed E-state index contributed by atoms with van der Waals surface area (Å²) in [5.74, 6) is 0.625. The van der Waals surface area contributed by atoms with Gasteiger partial charge in [-0.1, -0.05) is 30.3 Å². The molecule has 0 radical (unpaired) electrons. The number of nitrogens with zero attached hydrogens (tertiary/aromatic N) is 3. The molecular formula is C22H30N4O2. The van der Waals surface area contributed by atoms with Crippen LogP contribution in [-0.2, 0) is 22.7 Å². The molecule has 2 aliphatic heterocycles. The number of ether oxygens (including phenoxy) is 1. The third kappa shape index (κ3) is 5.00. The first-order chi connectivity index (χ1) is 13.8. The standard InChI is InChI=1S/C22H30N4O2/c27-22(16-26-14-10-21(24-26)19-7-4-11-23-15-19)25-12-8-20(9-13-25)28-17-18-5-2-1-3-6-18/h1-3,5-6,10,14,19-20,23H,4,7-9,11-13,15-17H2/t19-/m1/s1. The van der Waals surface area contributed by atoms with Crippen LogP contribution >= 0.6 is 0 Å². The number of nitrogens with one attached hydrogen (secondary N) is 1. The topological polar surface area (TPSA) is 59.4 Å². The quantitative estimate of drug-likeness (QED) is 0.834. The van der Waals surface area contributed by atoms with Crippen molar-refractivity contribution in [2.75, 3.05) is 26.2 Å². The predicted octanol–water partition coefficient (Wildman–Crippen LogP) is 2.56. The molecule has 1 aromatic heterocycles. The lowest BCUT2D eigenvalue weighted by atomic mass is 9.97. The maximum atomic E-state index is 12.7. The van der Waals surface area contributed by atoms with Crippen LogP contribution in [0.5, 0.6) is 0 Å². The van der Waals surface area contributed by atoms with Crippen LogP contribution in [0.3, 0.4) is 0 Å². The lowest BCUT2D eigenvalue weighted by Crippen LogP contribution is -2.42. The number of benzene rings is 1. The molecular weight excluding hydrogens is 352 g/mol. The molecule has 2 fully saturated rings. The Morgan fingerprint density at radius 2 is 1.96 bits per heavy atom. The van der Waals surface area contributed by atoms with Gasteiger partial charge in [0.2, 0.25) is 5.91 Å². The summed E-state index contributed by atoms with van der Waals surface area (Å²) in [6, 6.07) is 12.3. The van der Waals surface area contributed by atoms with Gasteiger partial charge in [-0.2, -0.15) is 5.10 Å². The highest BCUT2D eigenvalue weighted by Crippen LogP contribution is 2.21. The molecule has 6 nitrogen and oxygen atoms in total. The molecule has 2 aliphatic rings. The van der Waals surface area contributed by atoms with Gasteiger partial charge in [0.1, 0.15) is 6.54 Å². The van der Waals surface area contributed by atoms with Gasteiger partial charge in [-0.05, 0) is 43.9 Å². The van der Waals surface area contributed by atoms with E-state index < -0.39 is 0 Å². The number of likely N-dealkylation sites (tertiary alicyclic amines) is 1. The van der Waals surface area contributed by atoms with E-state index in [1.165, 1.54) is 18.4 Å². The number of hydrogen-bond acceptors (Lipinski definition) is 4. The second kappa shape index (κ2) is 9.34. The lowest BCUT2D eigenvalue weighted by Gasteiger charge is -2.32. The molecule has 0 saturated carbocycles. The van der Waals surface area contributed by atoms with Gasteiger partial charge < -0.3 is 15.0 Å². The molecule has 1 amide bonds. The van der Waals surface area contributed by atoms with Gasteiger partial charge in [0.15, 0.2) is 0 Å². The van der Waals surface area contributed by atoms with Crippen molar-refractivity contribution < 1.29 is 9.53 Å². The normalized spacial score (nSPS) is 21.0. The summed E-state index contributed by atoms with van der Waals surface area (Å²) in [6.07, 6.45) is 6.34. The van der Waals surface area contributed by atoms with Crippen molar-refractivity contribution in [3.8, 4) is 0 Å². The van der Waals surface area contributed by atoms with Crippen molar-refractivity contribution >= 4 is 5.91 Å². The molecule has 0 spiro atoms. The molecule has 6 heteroatoms. The Hall–Kier alpha value is -2.18. The minimum Gasteiger partial charge on any atom is -0.373 e. The van der Waals surface area contributed by atoms with Gasteiger partial charge >= 0.3 is 0 Å². The fourth-order valence-corrected chi connectivity index (χ4v) is 4.09. The fourth-order valence-electron chi connectivity index (χ4n) is 4.09. The summed E-state index contributed by atoms with van der Waals surface area (Å²) in [4.78, 5) is 14.6. The Kier molecular flexibility index (Phi) is 6.39. The number of hydrogen-bond donors (Lipinski definition) is 1. The average Bonchev–Trinajstić information content (AvgIpc) is 3.22. The van der Waals surface area contributed by atoms with Gasteiger partial charge in [-0.25, -0.2) is 0 Å². The van der Waals surface area contributed by atoms with E-state index in [-0.39, 0.29) is 12.0 Å². The van der Waals surface area contributed by atoms with Crippen LogP contribution in [0.1, 0.15) is 42.9 Å². The highest BCUT2D eigenvalue weighted by molar-refractivity contribution is 5.76. The van der Waals surface area contributed by atoms with Gasteiger partial charge in [0, 0.05) is 31.7 Å². The van der Waals surface area contributed by atoms with Crippen molar-refractivity contribution in [3.63, 3.8) is 0 Å². The molecule has 3 heterocycles. The van der Waals surface area contributed by atoms with E-state index in [4.69, 9.17) is 4.74 Å². The van der Waals surface area contributed by atoms with Crippen molar-refractivity contribution in [2.45, 2.75) is 50.9 Å². The van der Waals surface area contributed by atoms with Crippen LogP contribution < -0.4 is 5.32 Å². The summed E-state index contributed by atoms with van der Waals surface area (Å²) in [7, 11) is 0. The zero-order valence-corrected chi connectivity index (χ0v) is 16.4. The summed E-state index contributed by atoms with van der Waals surface area (Å²) in [6.45, 7) is 4.58. The van der Waals surface area contributed by atoms with Gasteiger partial charge in [0.25, 0.3) is 0 Å². The van der Waals surface area contributed by atoms with E-state index in [1.54, 1.807) is 4.68 Å². The van der Waals surface area contributed by atoms with E-state index in [2.05, 4.69) is 28.6 Å². The van der Waals surface area contributed by atoms with E-state index in [1.807, 2.05) is 29.3 Å². The van der Waals surface area contributed by atoms with Crippen molar-refractivity contribution in [3.05, 3.63) is 53.9 Å². The average molecular weight is 383 g/mol. The van der Waals surface area contributed by atoms with E-state index in [9.17, 15) is 4.79 Å². The summed E-state index contributed by atoms with van der Waals surface area (Å²) >= 11 is 0. The lowest BCUT2D eigenvalue weighted by molar-refractivity contribution is -0.134. The molecule has 0 aliphatic carbocycles. The summed E-state index contributed by atoms with van der Waals surface area (Å²) < 4.78 is 7.82.